The molecule has 0 bridgehead atoms. The molecular formula is C15H15N3O. The van der Waals surface area contributed by atoms with Gasteiger partial charge in [-0.1, -0.05) is 18.2 Å². The molecule has 0 atom stereocenters. The van der Waals surface area contributed by atoms with E-state index in [0.29, 0.717) is 6.54 Å². The van der Waals surface area contributed by atoms with Crippen molar-refractivity contribution in [3.63, 3.8) is 0 Å². The largest absolute Gasteiger partial charge is 0.497 e. The molecule has 0 spiro atoms. The number of hydrogen-bond donors (Lipinski definition) is 2. The van der Waals surface area contributed by atoms with Crippen LogP contribution in [0.1, 0.15) is 5.82 Å². The van der Waals surface area contributed by atoms with Crippen LogP contribution in [-0.4, -0.2) is 17.1 Å². The zero-order valence-electron chi connectivity index (χ0n) is 10.7. The number of nitrogens with one attached hydrogen (secondary N) is 1. The van der Waals surface area contributed by atoms with Crippen LogP contribution in [0.25, 0.3) is 22.0 Å². The molecule has 2 aromatic carbocycles. The Bertz CT molecular complexity index is 718. The molecule has 0 radical (unpaired) electrons. The van der Waals surface area contributed by atoms with Crippen LogP contribution in [0.5, 0.6) is 5.75 Å². The van der Waals surface area contributed by atoms with E-state index in [4.69, 9.17) is 10.5 Å². The van der Waals surface area contributed by atoms with E-state index < -0.39 is 0 Å². The van der Waals surface area contributed by atoms with E-state index >= 15 is 0 Å². The SMILES string of the molecule is COc1ccc2cc(-c3cnc(CN)[nH]3)ccc2c1. The Kier molecular flexibility index (Phi) is 2.93. The Balaban J connectivity index is 2.06. The van der Waals surface area contributed by atoms with Gasteiger partial charge in [-0.2, -0.15) is 0 Å². The highest BCUT2D eigenvalue weighted by molar-refractivity contribution is 5.87. The first kappa shape index (κ1) is 11.7. The molecule has 0 aliphatic carbocycles. The molecule has 19 heavy (non-hydrogen) atoms. The number of ether oxygens (including phenoxy) is 1. The number of imidazole rings is 1. The summed E-state index contributed by atoms with van der Waals surface area (Å²) in [6.07, 6.45) is 1.81. The minimum atomic E-state index is 0.421. The lowest BCUT2D eigenvalue weighted by Crippen LogP contribution is -1.97. The summed E-state index contributed by atoms with van der Waals surface area (Å²) in [4.78, 5) is 7.42. The van der Waals surface area contributed by atoms with Crippen LogP contribution in [-0.2, 0) is 6.54 Å². The Morgan fingerprint density at radius 1 is 1.16 bits per heavy atom. The highest BCUT2D eigenvalue weighted by Crippen LogP contribution is 2.26. The molecule has 0 fully saturated rings. The zero-order chi connectivity index (χ0) is 13.2. The van der Waals surface area contributed by atoms with Gasteiger partial charge < -0.3 is 15.5 Å². The Morgan fingerprint density at radius 3 is 2.68 bits per heavy atom. The average molecular weight is 253 g/mol. The molecule has 0 aliphatic rings. The Hall–Kier alpha value is -2.33. The lowest BCUT2D eigenvalue weighted by molar-refractivity contribution is 0.415. The van der Waals surface area contributed by atoms with Crippen molar-refractivity contribution in [3.05, 3.63) is 48.4 Å². The number of hydrogen-bond acceptors (Lipinski definition) is 3. The van der Waals surface area contributed by atoms with Crippen LogP contribution in [0.3, 0.4) is 0 Å². The molecule has 4 nitrogen and oxygen atoms in total. The molecule has 4 heteroatoms. The lowest BCUT2D eigenvalue weighted by atomic mass is 10.1. The summed E-state index contributed by atoms with van der Waals surface area (Å²) in [7, 11) is 1.68. The molecule has 0 amide bonds. The fourth-order valence-corrected chi connectivity index (χ4v) is 2.13. The van der Waals surface area contributed by atoms with Crippen molar-refractivity contribution in [2.45, 2.75) is 6.54 Å². The van der Waals surface area contributed by atoms with Crippen LogP contribution in [0.15, 0.2) is 42.6 Å². The molecule has 3 N–H and O–H groups in total. The van der Waals surface area contributed by atoms with E-state index in [0.717, 1.165) is 28.2 Å². The first-order chi connectivity index (χ1) is 9.30. The fraction of sp³-hybridized carbons (Fsp3) is 0.133. The van der Waals surface area contributed by atoms with Crippen LogP contribution in [0.2, 0.25) is 0 Å². The predicted molar refractivity (Wildman–Crippen MR) is 76.0 cm³/mol. The molecule has 0 unspecified atom stereocenters. The van der Waals surface area contributed by atoms with Gasteiger partial charge in [0.05, 0.1) is 25.5 Å². The van der Waals surface area contributed by atoms with Gasteiger partial charge in [0.15, 0.2) is 0 Å². The zero-order valence-corrected chi connectivity index (χ0v) is 10.7. The molecule has 3 aromatic rings. The van der Waals surface area contributed by atoms with Crippen LogP contribution < -0.4 is 10.5 Å². The molecule has 3 rings (SSSR count). The van der Waals surface area contributed by atoms with E-state index in [9.17, 15) is 0 Å². The maximum atomic E-state index is 5.56. The summed E-state index contributed by atoms with van der Waals surface area (Å²) in [5.41, 5.74) is 7.64. The first-order valence-corrected chi connectivity index (χ1v) is 6.12. The number of benzene rings is 2. The Labute approximate surface area is 111 Å². The Morgan fingerprint density at radius 2 is 1.95 bits per heavy atom. The molecule has 0 aliphatic heterocycles. The minimum Gasteiger partial charge on any atom is -0.497 e. The molecule has 0 saturated heterocycles. The summed E-state index contributed by atoms with van der Waals surface area (Å²) in [5.74, 6) is 1.66. The van der Waals surface area contributed by atoms with Gasteiger partial charge in [0.2, 0.25) is 0 Å². The van der Waals surface area contributed by atoms with E-state index in [1.807, 2.05) is 18.3 Å². The second-order valence-corrected chi connectivity index (χ2v) is 4.38. The lowest BCUT2D eigenvalue weighted by Gasteiger charge is -2.04. The van der Waals surface area contributed by atoms with E-state index in [-0.39, 0.29) is 0 Å². The third-order valence-electron chi connectivity index (χ3n) is 3.18. The first-order valence-electron chi connectivity index (χ1n) is 6.12. The number of nitrogens with two attached hydrogens (primary N) is 1. The second kappa shape index (κ2) is 4.74. The van der Waals surface area contributed by atoms with Crippen LogP contribution in [0, 0.1) is 0 Å². The van der Waals surface area contributed by atoms with Gasteiger partial charge in [0.25, 0.3) is 0 Å². The average Bonchev–Trinajstić information content (AvgIpc) is 2.95. The van der Waals surface area contributed by atoms with Crippen LogP contribution in [0.4, 0.5) is 0 Å². The number of H-pyrrole nitrogens is 1. The standard InChI is InChI=1S/C15H15N3O/c1-19-13-5-4-10-6-12(3-2-11(10)7-13)14-9-17-15(8-16)18-14/h2-7,9H,8,16H2,1H3,(H,17,18). The molecule has 0 saturated carbocycles. The van der Waals surface area contributed by atoms with Crippen molar-refractivity contribution in [2.24, 2.45) is 5.73 Å². The molecule has 96 valence electrons. The maximum Gasteiger partial charge on any atom is 0.120 e. The van der Waals surface area contributed by atoms with Crippen molar-refractivity contribution in [3.8, 4) is 17.0 Å². The van der Waals surface area contributed by atoms with Crippen LogP contribution >= 0.6 is 0 Å². The van der Waals surface area contributed by atoms with Gasteiger partial charge in [-0.05, 0) is 29.0 Å². The summed E-state index contributed by atoms with van der Waals surface area (Å²) < 4.78 is 5.22. The third-order valence-corrected chi connectivity index (χ3v) is 3.18. The smallest absolute Gasteiger partial charge is 0.120 e. The van der Waals surface area contributed by atoms with E-state index in [2.05, 4.69) is 34.2 Å². The number of methoxy groups -OCH3 is 1. The monoisotopic (exact) mass is 253 g/mol. The number of fused-ring (bicyclic) bond motifs is 1. The number of aromatic amines is 1. The van der Waals surface area contributed by atoms with E-state index in [1.54, 1.807) is 7.11 Å². The summed E-state index contributed by atoms with van der Waals surface area (Å²) >= 11 is 0. The topological polar surface area (TPSA) is 63.9 Å². The van der Waals surface area contributed by atoms with Crippen molar-refractivity contribution < 1.29 is 4.74 Å². The number of aromatic nitrogens is 2. The van der Waals surface area contributed by atoms with Gasteiger partial charge in [-0.3, -0.25) is 0 Å². The van der Waals surface area contributed by atoms with Gasteiger partial charge in [0.1, 0.15) is 11.6 Å². The van der Waals surface area contributed by atoms with Crippen molar-refractivity contribution in [1.29, 1.82) is 0 Å². The highest BCUT2D eigenvalue weighted by Gasteiger charge is 2.04. The molecule has 1 heterocycles. The van der Waals surface area contributed by atoms with Crippen molar-refractivity contribution in [1.82, 2.24) is 9.97 Å². The molecule has 1 aromatic heterocycles. The number of rotatable bonds is 3. The van der Waals surface area contributed by atoms with Gasteiger partial charge in [-0.25, -0.2) is 4.98 Å². The summed E-state index contributed by atoms with van der Waals surface area (Å²) in [6.45, 7) is 0.421. The summed E-state index contributed by atoms with van der Waals surface area (Å²) in [5, 5.41) is 2.32. The fourth-order valence-electron chi connectivity index (χ4n) is 2.13. The van der Waals surface area contributed by atoms with Gasteiger partial charge in [-0.15, -0.1) is 0 Å². The second-order valence-electron chi connectivity index (χ2n) is 4.38. The predicted octanol–water partition coefficient (Wildman–Crippen LogP) is 2.70. The summed E-state index contributed by atoms with van der Waals surface area (Å²) in [6, 6.07) is 12.3. The normalized spacial score (nSPS) is 10.8. The highest BCUT2D eigenvalue weighted by atomic mass is 16.5. The van der Waals surface area contributed by atoms with Gasteiger partial charge in [0, 0.05) is 5.56 Å². The van der Waals surface area contributed by atoms with Gasteiger partial charge >= 0.3 is 0 Å². The third kappa shape index (κ3) is 2.18. The van der Waals surface area contributed by atoms with Crippen molar-refractivity contribution >= 4 is 10.8 Å². The molecular weight excluding hydrogens is 238 g/mol. The van der Waals surface area contributed by atoms with E-state index in [1.165, 1.54) is 5.39 Å². The number of nitrogens with zero attached hydrogens (tertiary/aromatic N) is 1. The quantitative estimate of drug-likeness (QED) is 0.754. The van der Waals surface area contributed by atoms with Crippen molar-refractivity contribution in [2.75, 3.05) is 7.11 Å². The minimum absolute atomic E-state index is 0.421. The maximum absolute atomic E-state index is 5.56.